The summed E-state index contributed by atoms with van der Waals surface area (Å²) in [4.78, 5) is 0. The highest BCUT2D eigenvalue weighted by Gasteiger charge is 2.69. The van der Waals surface area contributed by atoms with Crippen LogP contribution in [0.1, 0.15) is 60.8 Å². The molecule has 0 atom stereocenters. The van der Waals surface area contributed by atoms with E-state index in [1.165, 1.54) is 52.8 Å². The molecule has 4 fully saturated rings. The predicted octanol–water partition coefficient (Wildman–Crippen LogP) is 10.5. The Hall–Kier alpha value is -0.200. The molecule has 0 unspecified atom stereocenters. The van der Waals surface area contributed by atoms with E-state index < -0.39 is 0 Å². The molecule has 0 aliphatic heterocycles. The van der Waals surface area contributed by atoms with Crippen LogP contribution < -0.4 is 0 Å². The molecule has 0 heterocycles. The third-order valence-electron chi connectivity index (χ3n) is 9.89. The third kappa shape index (κ3) is 4.35. The van der Waals surface area contributed by atoms with Gasteiger partial charge in [0.2, 0.25) is 0 Å². The van der Waals surface area contributed by atoms with E-state index >= 15 is 0 Å². The molecule has 4 bridgehead atoms. The SMILES string of the molecule is Ic1ccc(C23CC4(c5ccc(I)cc5)CC(c5ccc(I)cc5)(C2)CC(c2ccc(I)cc2)(C3)C4)cc1. The lowest BCUT2D eigenvalue weighted by Crippen LogP contribution is -2.67. The fraction of sp³-hybridized carbons (Fsp3) is 0.294. The molecule has 0 amide bonds. The second-order valence-electron chi connectivity index (χ2n) is 12.2. The Bertz CT molecular complexity index is 1220. The van der Waals surface area contributed by atoms with E-state index in [1.807, 2.05) is 0 Å². The zero-order valence-electron chi connectivity index (χ0n) is 21.0. The number of benzene rings is 4. The van der Waals surface area contributed by atoms with Crippen LogP contribution in [0.25, 0.3) is 0 Å². The van der Waals surface area contributed by atoms with Crippen LogP contribution in [0.5, 0.6) is 0 Å². The van der Waals surface area contributed by atoms with Crippen LogP contribution >= 0.6 is 90.4 Å². The van der Waals surface area contributed by atoms with E-state index in [0.717, 1.165) is 0 Å². The van der Waals surface area contributed by atoms with Gasteiger partial charge < -0.3 is 0 Å². The van der Waals surface area contributed by atoms with Crippen molar-refractivity contribution in [3.05, 3.63) is 134 Å². The maximum atomic E-state index is 2.46. The largest absolute Gasteiger partial charge is 0.0574 e. The summed E-state index contributed by atoms with van der Waals surface area (Å²) in [6.45, 7) is 0. The van der Waals surface area contributed by atoms with Gasteiger partial charge in [-0.25, -0.2) is 0 Å². The molecule has 4 aromatic rings. The summed E-state index contributed by atoms with van der Waals surface area (Å²) < 4.78 is 5.29. The minimum absolute atomic E-state index is 0.161. The molecule has 0 aromatic heterocycles. The van der Waals surface area contributed by atoms with E-state index in [9.17, 15) is 0 Å². The Kier molecular flexibility index (Phi) is 6.80. The second-order valence-corrected chi connectivity index (χ2v) is 17.2. The molecule has 4 aliphatic carbocycles. The highest BCUT2D eigenvalue weighted by molar-refractivity contribution is 14.1. The van der Waals surface area contributed by atoms with Crippen molar-refractivity contribution in [1.82, 2.24) is 0 Å². The summed E-state index contributed by atoms with van der Waals surface area (Å²) in [5, 5.41) is 0. The van der Waals surface area contributed by atoms with Gasteiger partial charge in [0.05, 0.1) is 0 Å². The van der Waals surface area contributed by atoms with E-state index in [1.54, 1.807) is 22.3 Å². The lowest BCUT2D eigenvalue weighted by molar-refractivity contribution is -0.0692. The van der Waals surface area contributed by atoms with Gasteiger partial charge in [-0.1, -0.05) is 48.5 Å². The predicted molar refractivity (Wildman–Crippen MR) is 191 cm³/mol. The van der Waals surface area contributed by atoms with Gasteiger partial charge in [0.25, 0.3) is 0 Å². The van der Waals surface area contributed by atoms with Gasteiger partial charge in [-0.15, -0.1) is 0 Å². The molecule has 0 nitrogen and oxygen atoms in total. The summed E-state index contributed by atoms with van der Waals surface area (Å²) >= 11 is 9.83. The molecule has 8 rings (SSSR count). The van der Waals surface area contributed by atoms with Gasteiger partial charge in [0, 0.05) is 14.3 Å². The lowest BCUT2D eigenvalue weighted by Gasteiger charge is -2.71. The Labute approximate surface area is 280 Å². The smallest absolute Gasteiger partial charge is 0.0130 e. The number of halogens is 4. The van der Waals surface area contributed by atoms with Gasteiger partial charge in [0.15, 0.2) is 0 Å². The summed E-state index contributed by atoms with van der Waals surface area (Å²) in [5.41, 5.74) is 6.85. The molecule has 4 heteroatoms. The van der Waals surface area contributed by atoms with Crippen LogP contribution in [0, 0.1) is 14.3 Å². The molecule has 192 valence electrons. The van der Waals surface area contributed by atoms with Crippen molar-refractivity contribution < 1.29 is 0 Å². The van der Waals surface area contributed by atoms with Crippen molar-refractivity contribution in [1.29, 1.82) is 0 Å². The molecule has 4 saturated carbocycles. The minimum atomic E-state index is 0.161. The van der Waals surface area contributed by atoms with Gasteiger partial charge >= 0.3 is 0 Å². The Morgan fingerprint density at radius 1 is 0.289 bits per heavy atom. The fourth-order valence-electron chi connectivity index (χ4n) is 9.07. The molecule has 4 aliphatic rings. The Balaban J connectivity index is 1.51. The van der Waals surface area contributed by atoms with Crippen molar-refractivity contribution in [3.63, 3.8) is 0 Å². The molecule has 0 spiro atoms. The Morgan fingerprint density at radius 3 is 0.605 bits per heavy atom. The monoisotopic (exact) mass is 944 g/mol. The third-order valence-corrected chi connectivity index (χ3v) is 12.8. The highest BCUT2D eigenvalue weighted by Crippen LogP contribution is 2.74. The van der Waals surface area contributed by atoms with Crippen LogP contribution in [-0.4, -0.2) is 0 Å². The highest BCUT2D eigenvalue weighted by atomic mass is 127. The van der Waals surface area contributed by atoms with Crippen molar-refractivity contribution in [3.8, 4) is 0 Å². The normalized spacial score (nSPS) is 31.5. The van der Waals surface area contributed by atoms with E-state index in [-0.39, 0.29) is 21.7 Å². The van der Waals surface area contributed by atoms with Gasteiger partial charge in [-0.2, -0.15) is 0 Å². The fourth-order valence-corrected chi connectivity index (χ4v) is 10.5. The molecular weight excluding hydrogens is 916 g/mol. The molecule has 0 radical (unpaired) electrons. The zero-order chi connectivity index (χ0) is 26.2. The van der Waals surface area contributed by atoms with Crippen molar-refractivity contribution in [2.24, 2.45) is 0 Å². The molecule has 0 saturated heterocycles. The van der Waals surface area contributed by atoms with E-state index in [0.29, 0.717) is 0 Å². The quantitative estimate of drug-likeness (QED) is 0.179. The lowest BCUT2D eigenvalue weighted by atomic mass is 9.32. The zero-order valence-corrected chi connectivity index (χ0v) is 29.6. The van der Waals surface area contributed by atoms with Gasteiger partial charge in [-0.05, 0) is 221 Å². The van der Waals surface area contributed by atoms with E-state index in [4.69, 9.17) is 0 Å². The van der Waals surface area contributed by atoms with E-state index in [2.05, 4.69) is 187 Å². The van der Waals surface area contributed by atoms with Gasteiger partial charge in [0.1, 0.15) is 0 Å². The minimum Gasteiger partial charge on any atom is -0.0574 e. The summed E-state index contributed by atoms with van der Waals surface area (Å²) in [7, 11) is 0. The van der Waals surface area contributed by atoms with Crippen molar-refractivity contribution in [2.45, 2.75) is 60.2 Å². The first-order valence-corrected chi connectivity index (χ1v) is 17.6. The number of hydrogen-bond acceptors (Lipinski definition) is 0. The molecule has 4 aromatic carbocycles. The second kappa shape index (κ2) is 9.68. The standard InChI is InChI=1S/C34H28I4/c35-27-9-1-23(2-10-27)31-17-32(24-3-11-28(36)12-4-24)20-33(18-31,25-5-13-29(37)14-6-25)22-34(19-31,21-32)26-7-15-30(38)16-8-26/h1-16H,17-22H2. The average Bonchev–Trinajstić information content (AvgIpc) is 2.89. The van der Waals surface area contributed by atoms with Gasteiger partial charge in [-0.3, -0.25) is 0 Å². The average molecular weight is 944 g/mol. The first-order valence-electron chi connectivity index (χ1n) is 13.3. The first-order chi connectivity index (χ1) is 18.2. The maximum absolute atomic E-state index is 2.46. The summed E-state index contributed by atoms with van der Waals surface area (Å²) in [5.74, 6) is 0. The van der Waals surface area contributed by atoms with Crippen LogP contribution in [0.15, 0.2) is 97.1 Å². The van der Waals surface area contributed by atoms with Crippen LogP contribution in [0.3, 0.4) is 0 Å². The van der Waals surface area contributed by atoms with Crippen molar-refractivity contribution >= 4 is 90.4 Å². The first kappa shape index (κ1) is 26.7. The maximum Gasteiger partial charge on any atom is 0.0130 e. The summed E-state index contributed by atoms with van der Waals surface area (Å²) in [6.07, 6.45) is 7.50. The molecule has 0 N–H and O–H groups in total. The Morgan fingerprint density at radius 2 is 0.447 bits per heavy atom. The number of rotatable bonds is 4. The van der Waals surface area contributed by atoms with Crippen molar-refractivity contribution in [2.75, 3.05) is 0 Å². The van der Waals surface area contributed by atoms with Crippen LogP contribution in [-0.2, 0) is 21.7 Å². The van der Waals surface area contributed by atoms with Crippen LogP contribution in [0.2, 0.25) is 0 Å². The van der Waals surface area contributed by atoms with Crippen LogP contribution in [0.4, 0.5) is 0 Å². The topological polar surface area (TPSA) is 0 Å². The summed E-state index contributed by atoms with van der Waals surface area (Å²) in [6, 6.07) is 38.3. The molecule has 38 heavy (non-hydrogen) atoms. The number of hydrogen-bond donors (Lipinski definition) is 0. The molecular formula is C34H28I4.